The van der Waals surface area contributed by atoms with Gasteiger partial charge in [0, 0.05) is 32.2 Å². The summed E-state index contributed by atoms with van der Waals surface area (Å²) in [5.74, 6) is 1.74. The fraction of sp³-hybridized carbons (Fsp3) is 0.565. The molecule has 5 nitrogen and oxygen atoms in total. The highest BCUT2D eigenvalue weighted by molar-refractivity contribution is 5.94. The van der Waals surface area contributed by atoms with E-state index in [0.717, 1.165) is 61.7 Å². The molecule has 0 unspecified atom stereocenters. The van der Waals surface area contributed by atoms with Crippen LogP contribution >= 0.6 is 0 Å². The van der Waals surface area contributed by atoms with Crippen LogP contribution < -0.4 is 4.90 Å². The first-order valence-corrected chi connectivity index (χ1v) is 11.0. The van der Waals surface area contributed by atoms with Gasteiger partial charge in [-0.05, 0) is 56.2 Å². The maximum Gasteiger partial charge on any atom is 0.416 e. The van der Waals surface area contributed by atoms with E-state index < -0.39 is 11.7 Å². The Balaban J connectivity index is 1.29. The van der Waals surface area contributed by atoms with Gasteiger partial charge >= 0.3 is 6.18 Å². The number of likely N-dealkylation sites (tertiary alicyclic amines) is 1. The average molecular weight is 432 g/mol. The molecule has 1 aromatic heterocycles. The number of aryl methyl sites for hydroxylation is 1. The van der Waals surface area contributed by atoms with Crippen LogP contribution in [0.25, 0.3) is 0 Å². The first-order valence-electron chi connectivity index (χ1n) is 11.0. The van der Waals surface area contributed by atoms with Crippen molar-refractivity contribution in [3.8, 4) is 0 Å². The summed E-state index contributed by atoms with van der Waals surface area (Å²) in [5, 5.41) is 4.78. The molecule has 3 heterocycles. The summed E-state index contributed by atoms with van der Waals surface area (Å²) in [7, 11) is 0. The summed E-state index contributed by atoms with van der Waals surface area (Å²) in [5.41, 5.74) is 0.885. The molecule has 0 atom stereocenters. The van der Waals surface area contributed by atoms with Crippen molar-refractivity contribution in [3.63, 3.8) is 0 Å². The molecule has 1 spiro atoms. The molecule has 1 aromatic carbocycles. The number of rotatable bonds is 4. The molecule has 0 radical (unpaired) electrons. The third-order valence-electron chi connectivity index (χ3n) is 6.93. The number of benzene rings is 1. The first-order chi connectivity index (χ1) is 14.7. The lowest BCUT2D eigenvalue weighted by molar-refractivity contribution is -0.137. The van der Waals surface area contributed by atoms with Crippen molar-refractivity contribution >= 4 is 11.7 Å². The Hall–Kier alpha value is -2.35. The number of piperidine rings is 1. The number of halogens is 3. The third-order valence-corrected chi connectivity index (χ3v) is 6.93. The number of anilines is 1. The fourth-order valence-corrected chi connectivity index (χ4v) is 4.93. The highest BCUT2D eigenvalue weighted by Crippen LogP contribution is 2.43. The molecular weight excluding hydrogens is 405 g/mol. The zero-order valence-corrected chi connectivity index (χ0v) is 17.7. The van der Waals surface area contributed by atoms with Crippen LogP contribution in [-0.4, -0.2) is 40.2 Å². The number of carbonyl (C=O) groups is 1. The third kappa shape index (κ3) is 3.97. The molecule has 0 bridgehead atoms. The van der Waals surface area contributed by atoms with Crippen LogP contribution in [0, 0.1) is 12.8 Å². The summed E-state index contributed by atoms with van der Waals surface area (Å²) in [6.45, 7) is 4.95. The Morgan fingerprint density at radius 2 is 1.81 bits per heavy atom. The number of alkyl halides is 3. The van der Waals surface area contributed by atoms with Gasteiger partial charge in [-0.1, -0.05) is 12.1 Å². The SMILES string of the molecule is Cc1cc2n(n1)C1(CCN(Cc3ccc(C(F)(F)F)cc3)CC1)CC(=O)N2CC1CC1. The lowest BCUT2D eigenvalue weighted by Gasteiger charge is -2.46. The topological polar surface area (TPSA) is 41.4 Å². The van der Waals surface area contributed by atoms with Gasteiger partial charge in [0.1, 0.15) is 5.82 Å². The minimum Gasteiger partial charge on any atom is -0.299 e. The number of nitrogens with zero attached hydrogens (tertiary/aromatic N) is 4. The molecule has 0 N–H and O–H groups in total. The average Bonchev–Trinajstić information content (AvgIpc) is 3.45. The molecule has 2 fully saturated rings. The zero-order chi connectivity index (χ0) is 21.8. The molecular formula is C23H27F3N4O. The van der Waals surface area contributed by atoms with E-state index in [1.165, 1.54) is 12.8 Å². The van der Waals surface area contributed by atoms with E-state index >= 15 is 0 Å². The Morgan fingerprint density at radius 3 is 2.42 bits per heavy atom. The standard InChI is InChI=1S/C23H27F3N4O/c1-16-12-20-29(15-18-2-3-18)21(31)13-22(30(20)27-16)8-10-28(11-9-22)14-17-4-6-19(7-5-17)23(24,25)26/h4-7,12,18H,2-3,8-11,13-15H2,1H3. The monoisotopic (exact) mass is 432 g/mol. The molecule has 166 valence electrons. The van der Waals surface area contributed by atoms with Gasteiger partial charge in [-0.3, -0.25) is 14.6 Å². The molecule has 3 aliphatic rings. The maximum absolute atomic E-state index is 13.1. The van der Waals surface area contributed by atoms with Crippen molar-refractivity contribution in [3.05, 3.63) is 47.2 Å². The minimum atomic E-state index is -4.31. The van der Waals surface area contributed by atoms with Crippen LogP contribution in [0.5, 0.6) is 0 Å². The second kappa shape index (κ2) is 7.36. The van der Waals surface area contributed by atoms with E-state index in [-0.39, 0.29) is 11.4 Å². The van der Waals surface area contributed by atoms with Crippen molar-refractivity contribution in [2.45, 2.75) is 57.3 Å². The summed E-state index contributed by atoms with van der Waals surface area (Å²) < 4.78 is 40.5. The highest BCUT2D eigenvalue weighted by Gasteiger charge is 2.46. The summed E-state index contributed by atoms with van der Waals surface area (Å²) in [6.07, 6.45) is 0.177. The smallest absolute Gasteiger partial charge is 0.299 e. The van der Waals surface area contributed by atoms with E-state index in [9.17, 15) is 18.0 Å². The molecule has 8 heteroatoms. The van der Waals surface area contributed by atoms with Crippen LogP contribution in [0.15, 0.2) is 30.3 Å². The lowest BCUT2D eigenvalue weighted by Crippen LogP contribution is -2.54. The van der Waals surface area contributed by atoms with E-state index in [0.29, 0.717) is 18.9 Å². The predicted molar refractivity (Wildman–Crippen MR) is 111 cm³/mol. The van der Waals surface area contributed by atoms with Crippen LogP contribution in [0.1, 0.15) is 48.9 Å². The molecule has 1 amide bonds. The van der Waals surface area contributed by atoms with Gasteiger partial charge in [-0.15, -0.1) is 0 Å². The van der Waals surface area contributed by atoms with Gasteiger partial charge < -0.3 is 0 Å². The van der Waals surface area contributed by atoms with Gasteiger partial charge in [0.05, 0.1) is 23.2 Å². The largest absolute Gasteiger partial charge is 0.416 e. The predicted octanol–water partition coefficient (Wildman–Crippen LogP) is 4.35. The number of aromatic nitrogens is 2. The Labute approximate surface area is 179 Å². The number of fused-ring (bicyclic) bond motifs is 2. The molecule has 31 heavy (non-hydrogen) atoms. The second-order valence-electron chi connectivity index (χ2n) is 9.38. The Bertz CT molecular complexity index is 970. The normalized spacial score (nSPS) is 21.5. The van der Waals surface area contributed by atoms with Crippen molar-refractivity contribution in [1.29, 1.82) is 0 Å². The van der Waals surface area contributed by atoms with Crippen LogP contribution in [0.4, 0.5) is 19.0 Å². The minimum absolute atomic E-state index is 0.190. The molecule has 1 saturated heterocycles. The van der Waals surface area contributed by atoms with Crippen LogP contribution in [0.2, 0.25) is 0 Å². The Kier molecular flexibility index (Phi) is 4.88. The fourth-order valence-electron chi connectivity index (χ4n) is 4.93. The van der Waals surface area contributed by atoms with Gasteiger partial charge in [-0.25, -0.2) is 4.68 Å². The van der Waals surface area contributed by atoms with Gasteiger partial charge in [0.25, 0.3) is 0 Å². The summed E-state index contributed by atoms with van der Waals surface area (Å²) in [4.78, 5) is 17.3. The van der Waals surface area contributed by atoms with Crippen molar-refractivity contribution in [1.82, 2.24) is 14.7 Å². The number of amides is 1. The number of hydrogen-bond acceptors (Lipinski definition) is 3. The molecule has 5 rings (SSSR count). The number of carbonyl (C=O) groups excluding carboxylic acids is 1. The van der Waals surface area contributed by atoms with Gasteiger partial charge in [0.2, 0.25) is 5.91 Å². The molecule has 2 aromatic rings. The molecule has 1 aliphatic carbocycles. The van der Waals surface area contributed by atoms with E-state index in [1.807, 2.05) is 17.9 Å². The second-order valence-corrected chi connectivity index (χ2v) is 9.38. The Morgan fingerprint density at radius 1 is 1.13 bits per heavy atom. The van der Waals surface area contributed by atoms with E-state index in [1.54, 1.807) is 12.1 Å². The van der Waals surface area contributed by atoms with Gasteiger partial charge in [0.15, 0.2) is 0 Å². The zero-order valence-electron chi connectivity index (χ0n) is 17.7. The van der Waals surface area contributed by atoms with E-state index in [4.69, 9.17) is 5.10 Å². The van der Waals surface area contributed by atoms with Crippen LogP contribution in [0.3, 0.4) is 0 Å². The summed E-state index contributed by atoms with van der Waals surface area (Å²) >= 11 is 0. The maximum atomic E-state index is 13.1. The van der Waals surface area contributed by atoms with Gasteiger partial charge in [-0.2, -0.15) is 18.3 Å². The van der Waals surface area contributed by atoms with Crippen LogP contribution in [-0.2, 0) is 23.1 Å². The van der Waals surface area contributed by atoms with Crippen molar-refractivity contribution < 1.29 is 18.0 Å². The van der Waals surface area contributed by atoms with Crippen molar-refractivity contribution in [2.24, 2.45) is 5.92 Å². The quantitative estimate of drug-likeness (QED) is 0.722. The van der Waals surface area contributed by atoms with Crippen molar-refractivity contribution in [2.75, 3.05) is 24.5 Å². The summed E-state index contributed by atoms with van der Waals surface area (Å²) in [6, 6.07) is 7.43. The number of hydrogen-bond donors (Lipinski definition) is 0. The highest BCUT2D eigenvalue weighted by atomic mass is 19.4. The molecule has 1 saturated carbocycles. The molecule has 2 aliphatic heterocycles. The first kappa shape index (κ1) is 20.5. The van der Waals surface area contributed by atoms with E-state index in [2.05, 4.69) is 9.58 Å². The lowest BCUT2D eigenvalue weighted by atomic mass is 9.82.